The quantitative estimate of drug-likeness (QED) is 0.684. The van der Waals surface area contributed by atoms with Crippen LogP contribution in [0.4, 0.5) is 0 Å². The van der Waals surface area contributed by atoms with Crippen molar-refractivity contribution in [1.82, 2.24) is 9.88 Å². The summed E-state index contributed by atoms with van der Waals surface area (Å²) < 4.78 is 0. The first-order chi connectivity index (χ1) is 12.6. The largest absolute Gasteiger partial charge is 0.342 e. The summed E-state index contributed by atoms with van der Waals surface area (Å²) >= 11 is 7.80. The highest BCUT2D eigenvalue weighted by Crippen LogP contribution is 2.35. The van der Waals surface area contributed by atoms with E-state index in [-0.39, 0.29) is 5.91 Å². The molecule has 1 aromatic heterocycles. The van der Waals surface area contributed by atoms with Crippen molar-refractivity contribution in [2.75, 3.05) is 18.8 Å². The summed E-state index contributed by atoms with van der Waals surface area (Å²) in [6, 6.07) is 6.00. The lowest BCUT2D eigenvalue weighted by Gasteiger charge is -2.31. The van der Waals surface area contributed by atoms with Gasteiger partial charge in [0, 0.05) is 23.5 Å². The number of pyridine rings is 1. The molecule has 1 aromatic carbocycles. The molecule has 0 radical (unpaired) electrons. The van der Waals surface area contributed by atoms with Gasteiger partial charge in [0.25, 0.3) is 0 Å². The summed E-state index contributed by atoms with van der Waals surface area (Å²) in [4.78, 5) is 19.6. The second-order valence-electron chi connectivity index (χ2n) is 7.62. The van der Waals surface area contributed by atoms with Crippen molar-refractivity contribution in [3.05, 3.63) is 34.3 Å². The van der Waals surface area contributed by atoms with Crippen molar-refractivity contribution in [3.8, 4) is 0 Å². The molecule has 0 saturated carbocycles. The van der Waals surface area contributed by atoms with Gasteiger partial charge in [-0.1, -0.05) is 36.4 Å². The van der Waals surface area contributed by atoms with Crippen molar-refractivity contribution in [2.45, 2.75) is 50.5 Å². The molecule has 1 atom stereocenters. The molecule has 2 aliphatic rings. The zero-order chi connectivity index (χ0) is 18.1. The van der Waals surface area contributed by atoms with Gasteiger partial charge in [0.15, 0.2) is 0 Å². The number of benzene rings is 1. The lowest BCUT2D eigenvalue weighted by Crippen LogP contribution is -2.40. The van der Waals surface area contributed by atoms with Gasteiger partial charge in [0.05, 0.1) is 11.3 Å². The Morgan fingerprint density at radius 2 is 2.08 bits per heavy atom. The number of rotatable bonds is 3. The van der Waals surface area contributed by atoms with E-state index in [4.69, 9.17) is 16.6 Å². The molecule has 138 valence electrons. The van der Waals surface area contributed by atoms with E-state index in [1.165, 1.54) is 35.8 Å². The Kier molecular flexibility index (Phi) is 5.42. The number of halogens is 1. The molecule has 2 heterocycles. The van der Waals surface area contributed by atoms with Crippen LogP contribution in [0.2, 0.25) is 5.02 Å². The van der Waals surface area contributed by atoms with Crippen LogP contribution in [0, 0.1) is 5.92 Å². The predicted molar refractivity (Wildman–Crippen MR) is 109 cm³/mol. The molecular formula is C21H25ClN2OS. The number of hydrogen-bond donors (Lipinski definition) is 0. The smallest absolute Gasteiger partial charge is 0.232 e. The number of carbonyl (C=O) groups excluding carboxylic acids is 1. The maximum atomic E-state index is 12.7. The van der Waals surface area contributed by atoms with Gasteiger partial charge in [-0.25, -0.2) is 4.98 Å². The summed E-state index contributed by atoms with van der Waals surface area (Å²) in [5.41, 5.74) is 3.73. The van der Waals surface area contributed by atoms with Crippen LogP contribution in [-0.4, -0.2) is 34.6 Å². The fourth-order valence-corrected chi connectivity index (χ4v) is 5.40. The molecule has 26 heavy (non-hydrogen) atoms. The van der Waals surface area contributed by atoms with Crippen molar-refractivity contribution in [3.63, 3.8) is 0 Å². The van der Waals surface area contributed by atoms with Gasteiger partial charge < -0.3 is 4.90 Å². The van der Waals surface area contributed by atoms with Crippen molar-refractivity contribution in [2.24, 2.45) is 5.92 Å². The molecular weight excluding hydrogens is 364 g/mol. The molecule has 4 rings (SSSR count). The highest BCUT2D eigenvalue weighted by molar-refractivity contribution is 7.99. The van der Waals surface area contributed by atoms with Crippen LogP contribution in [0.15, 0.2) is 23.2 Å². The molecule has 1 saturated heterocycles. The monoisotopic (exact) mass is 388 g/mol. The summed E-state index contributed by atoms with van der Waals surface area (Å²) in [5.74, 6) is 1.35. The van der Waals surface area contributed by atoms with E-state index in [1.807, 2.05) is 17.0 Å². The maximum absolute atomic E-state index is 12.7. The first kappa shape index (κ1) is 18.1. The van der Waals surface area contributed by atoms with Crippen LogP contribution in [0.25, 0.3) is 10.9 Å². The average molecular weight is 389 g/mol. The molecule has 1 amide bonds. The molecule has 2 aromatic rings. The molecule has 1 aliphatic heterocycles. The number of aryl methyl sites for hydroxylation is 1. The van der Waals surface area contributed by atoms with Gasteiger partial charge in [0.1, 0.15) is 5.03 Å². The van der Waals surface area contributed by atoms with Crippen molar-refractivity contribution in [1.29, 1.82) is 0 Å². The van der Waals surface area contributed by atoms with E-state index < -0.39 is 0 Å². The Bertz CT molecular complexity index is 838. The Morgan fingerprint density at radius 3 is 2.88 bits per heavy atom. The summed E-state index contributed by atoms with van der Waals surface area (Å²) in [5, 5.41) is 2.98. The molecule has 0 bridgehead atoms. The van der Waals surface area contributed by atoms with Crippen LogP contribution < -0.4 is 0 Å². The maximum Gasteiger partial charge on any atom is 0.232 e. The second kappa shape index (κ2) is 7.77. The lowest BCUT2D eigenvalue weighted by atomic mass is 9.90. The number of carbonyl (C=O) groups is 1. The minimum atomic E-state index is 0.249. The molecule has 3 nitrogen and oxygen atoms in total. The Hall–Kier alpha value is -1.26. The fourth-order valence-electron chi connectivity index (χ4n) is 4.22. The summed E-state index contributed by atoms with van der Waals surface area (Å²) in [7, 11) is 0. The highest BCUT2D eigenvalue weighted by atomic mass is 35.5. The topological polar surface area (TPSA) is 33.2 Å². The number of nitrogens with zero attached hydrogens (tertiary/aromatic N) is 2. The van der Waals surface area contributed by atoms with Gasteiger partial charge in [-0.2, -0.15) is 0 Å². The number of hydrogen-bond acceptors (Lipinski definition) is 3. The number of piperidine rings is 1. The van der Waals surface area contributed by atoms with Crippen LogP contribution in [0.3, 0.4) is 0 Å². The van der Waals surface area contributed by atoms with Gasteiger partial charge in [-0.3, -0.25) is 4.79 Å². The zero-order valence-electron chi connectivity index (χ0n) is 15.3. The second-order valence-corrected chi connectivity index (χ2v) is 9.02. The van der Waals surface area contributed by atoms with E-state index in [0.717, 1.165) is 47.9 Å². The first-order valence-corrected chi connectivity index (χ1v) is 11.0. The third-order valence-electron chi connectivity index (χ3n) is 5.57. The summed E-state index contributed by atoms with van der Waals surface area (Å²) in [6.45, 7) is 4.04. The Morgan fingerprint density at radius 1 is 1.27 bits per heavy atom. The molecule has 1 aliphatic carbocycles. The first-order valence-electron chi connectivity index (χ1n) is 9.63. The van der Waals surface area contributed by atoms with Crippen molar-refractivity contribution < 1.29 is 4.79 Å². The lowest BCUT2D eigenvalue weighted by molar-refractivity contribution is -0.130. The average Bonchev–Trinajstić information content (AvgIpc) is 2.65. The molecule has 5 heteroatoms. The van der Waals surface area contributed by atoms with E-state index in [1.54, 1.807) is 11.8 Å². The van der Waals surface area contributed by atoms with E-state index in [2.05, 4.69) is 13.0 Å². The standard InChI is InChI=1S/C21H25ClN2OS/c1-14-5-4-10-24(12-14)20(25)13-26-21-18-7-3-2-6-16(18)17-9-8-15(22)11-19(17)23-21/h8-9,11,14H,2-7,10,12-13H2,1H3/t14-/m1/s1. The number of fused-ring (bicyclic) bond motifs is 3. The van der Waals surface area contributed by atoms with Crippen molar-refractivity contribution >= 4 is 40.2 Å². The minimum absolute atomic E-state index is 0.249. The van der Waals surface area contributed by atoms with Gasteiger partial charge >= 0.3 is 0 Å². The van der Waals surface area contributed by atoms with E-state index in [0.29, 0.717) is 11.7 Å². The van der Waals surface area contributed by atoms with E-state index >= 15 is 0 Å². The Balaban J connectivity index is 1.58. The van der Waals surface area contributed by atoms with Crippen LogP contribution >= 0.6 is 23.4 Å². The van der Waals surface area contributed by atoms with Crippen LogP contribution in [-0.2, 0) is 17.6 Å². The number of likely N-dealkylation sites (tertiary alicyclic amines) is 1. The Labute approximate surface area is 164 Å². The van der Waals surface area contributed by atoms with Gasteiger partial charge in [-0.15, -0.1) is 0 Å². The molecule has 0 spiro atoms. The normalized spacial score (nSPS) is 20.2. The molecule has 0 N–H and O–H groups in total. The number of amides is 1. The van der Waals surface area contributed by atoms with Gasteiger partial charge in [0.2, 0.25) is 5.91 Å². The number of aromatic nitrogens is 1. The number of thioether (sulfide) groups is 1. The fraction of sp³-hybridized carbons (Fsp3) is 0.524. The SMILES string of the molecule is C[C@@H]1CCCN(C(=O)CSc2nc3cc(Cl)ccc3c3c2CCCC3)C1. The summed E-state index contributed by atoms with van der Waals surface area (Å²) in [6.07, 6.45) is 6.96. The molecule has 0 unspecified atom stereocenters. The van der Waals surface area contributed by atoms with E-state index in [9.17, 15) is 4.79 Å². The third-order valence-corrected chi connectivity index (χ3v) is 6.81. The van der Waals surface area contributed by atoms with Crippen LogP contribution in [0.5, 0.6) is 0 Å². The predicted octanol–water partition coefficient (Wildman–Crippen LogP) is 5.12. The third kappa shape index (κ3) is 3.72. The minimum Gasteiger partial charge on any atom is -0.342 e. The highest BCUT2D eigenvalue weighted by Gasteiger charge is 2.23. The zero-order valence-corrected chi connectivity index (χ0v) is 16.8. The van der Waals surface area contributed by atoms with Crippen LogP contribution in [0.1, 0.15) is 43.7 Å². The molecule has 1 fully saturated rings. The van der Waals surface area contributed by atoms with Gasteiger partial charge in [-0.05, 0) is 67.7 Å².